The molecule has 2 aromatic rings. The lowest BCUT2D eigenvalue weighted by Gasteiger charge is -2.07. The second-order valence-electron chi connectivity index (χ2n) is 3.74. The Hall–Kier alpha value is -1.59. The molecule has 0 aliphatic carbocycles. The van der Waals surface area contributed by atoms with Crippen LogP contribution in [0.5, 0.6) is 11.5 Å². The number of nitrogens with zero attached hydrogens (tertiary/aromatic N) is 1. The molecule has 0 atom stereocenters. The smallest absolute Gasteiger partial charge is 0.269 e. The van der Waals surface area contributed by atoms with E-state index in [0.717, 1.165) is 5.56 Å². The summed E-state index contributed by atoms with van der Waals surface area (Å²) in [6, 6.07) is 11.2. The van der Waals surface area contributed by atoms with Crippen LogP contribution in [0.1, 0.15) is 5.56 Å². The van der Waals surface area contributed by atoms with Gasteiger partial charge in [0.25, 0.3) is 5.69 Å². The zero-order chi connectivity index (χ0) is 13.8. The Morgan fingerprint density at radius 1 is 1.16 bits per heavy atom. The number of rotatable bonds is 4. The van der Waals surface area contributed by atoms with Gasteiger partial charge in [0, 0.05) is 22.5 Å². The van der Waals surface area contributed by atoms with E-state index in [0.29, 0.717) is 21.9 Å². The van der Waals surface area contributed by atoms with Gasteiger partial charge < -0.3 is 4.74 Å². The fourth-order valence-corrected chi connectivity index (χ4v) is 2.36. The molecule has 0 aromatic heterocycles. The second-order valence-corrected chi connectivity index (χ2v) is 4.71. The third-order valence-corrected chi connectivity index (χ3v) is 3.41. The quantitative estimate of drug-likeness (QED) is 0.449. The number of halogens is 2. The molecule has 0 saturated carbocycles. The predicted molar refractivity (Wildman–Crippen MR) is 77.3 cm³/mol. The monoisotopic (exact) mass is 341 g/mol. The van der Waals surface area contributed by atoms with Crippen molar-refractivity contribution in [3.05, 3.63) is 63.2 Å². The van der Waals surface area contributed by atoms with Gasteiger partial charge in [0.05, 0.1) is 4.92 Å². The third kappa shape index (κ3) is 3.45. The molecule has 2 rings (SSSR count). The molecule has 0 unspecified atom stereocenters. The van der Waals surface area contributed by atoms with E-state index in [1.807, 2.05) is 6.07 Å². The maximum absolute atomic E-state index is 10.5. The van der Waals surface area contributed by atoms with Crippen molar-refractivity contribution in [1.82, 2.24) is 0 Å². The lowest BCUT2D eigenvalue weighted by atomic mass is 10.2. The standard InChI is InChI=1S/C13H9BrClNO3/c14-8-9-1-4-12(7-13(9)15)19-11-5-2-10(3-6-11)16(17)18/h1-7H,8H2. The molecule has 4 nitrogen and oxygen atoms in total. The van der Waals surface area contributed by atoms with Crippen LogP contribution >= 0.6 is 27.5 Å². The Morgan fingerprint density at radius 3 is 2.32 bits per heavy atom. The van der Waals surface area contributed by atoms with Gasteiger partial charge >= 0.3 is 0 Å². The largest absolute Gasteiger partial charge is 0.457 e. The minimum Gasteiger partial charge on any atom is -0.457 e. The normalized spacial score (nSPS) is 10.2. The maximum Gasteiger partial charge on any atom is 0.269 e. The van der Waals surface area contributed by atoms with Gasteiger partial charge in [0.2, 0.25) is 0 Å². The Balaban J connectivity index is 2.16. The first-order valence-corrected chi connectivity index (χ1v) is 6.87. The summed E-state index contributed by atoms with van der Waals surface area (Å²) < 4.78 is 5.57. The molecule has 98 valence electrons. The molecule has 0 fully saturated rings. The highest BCUT2D eigenvalue weighted by Gasteiger charge is 2.06. The van der Waals surface area contributed by atoms with Gasteiger partial charge in [0.15, 0.2) is 0 Å². The van der Waals surface area contributed by atoms with Crippen LogP contribution in [0.4, 0.5) is 5.69 Å². The third-order valence-electron chi connectivity index (χ3n) is 2.45. The first kappa shape index (κ1) is 13.8. The van der Waals surface area contributed by atoms with Crippen molar-refractivity contribution in [2.45, 2.75) is 5.33 Å². The van der Waals surface area contributed by atoms with E-state index >= 15 is 0 Å². The highest BCUT2D eigenvalue weighted by Crippen LogP contribution is 2.28. The minimum atomic E-state index is -0.453. The molecule has 0 aliphatic heterocycles. The number of alkyl halides is 1. The number of nitro benzene ring substituents is 1. The summed E-state index contributed by atoms with van der Waals surface area (Å²) in [4.78, 5) is 10.1. The SMILES string of the molecule is O=[N+]([O-])c1ccc(Oc2ccc(CBr)c(Cl)c2)cc1. The van der Waals surface area contributed by atoms with E-state index in [1.54, 1.807) is 24.3 Å². The van der Waals surface area contributed by atoms with Gasteiger partial charge in [-0.2, -0.15) is 0 Å². The summed E-state index contributed by atoms with van der Waals surface area (Å²) in [5.41, 5.74) is 0.998. The van der Waals surface area contributed by atoms with Crippen LogP contribution in [0.15, 0.2) is 42.5 Å². The van der Waals surface area contributed by atoms with Crippen LogP contribution in [0.25, 0.3) is 0 Å². The second kappa shape index (κ2) is 6.04. The molecule has 0 amide bonds. The van der Waals surface area contributed by atoms with Crippen LogP contribution < -0.4 is 4.74 Å². The Morgan fingerprint density at radius 2 is 1.79 bits per heavy atom. The van der Waals surface area contributed by atoms with Crippen LogP contribution in [-0.4, -0.2) is 4.92 Å². The van der Waals surface area contributed by atoms with Crippen molar-refractivity contribution < 1.29 is 9.66 Å². The van der Waals surface area contributed by atoms with E-state index in [9.17, 15) is 10.1 Å². The molecule has 19 heavy (non-hydrogen) atoms. The van der Waals surface area contributed by atoms with Gasteiger partial charge in [-0.3, -0.25) is 10.1 Å². The van der Waals surface area contributed by atoms with E-state index in [4.69, 9.17) is 16.3 Å². The molecule has 0 heterocycles. The van der Waals surface area contributed by atoms with Gasteiger partial charge in [-0.1, -0.05) is 33.6 Å². The zero-order valence-electron chi connectivity index (χ0n) is 9.68. The summed E-state index contributed by atoms with van der Waals surface area (Å²) in [7, 11) is 0. The highest BCUT2D eigenvalue weighted by atomic mass is 79.9. The van der Waals surface area contributed by atoms with Crippen molar-refractivity contribution in [3.63, 3.8) is 0 Å². The molecule has 0 bridgehead atoms. The molecule has 6 heteroatoms. The van der Waals surface area contributed by atoms with Crippen molar-refractivity contribution in [1.29, 1.82) is 0 Å². The van der Waals surface area contributed by atoms with Crippen molar-refractivity contribution in [2.24, 2.45) is 0 Å². The summed E-state index contributed by atoms with van der Waals surface area (Å²) in [6.07, 6.45) is 0. The van der Waals surface area contributed by atoms with Crippen LogP contribution in [-0.2, 0) is 5.33 Å². The number of nitro groups is 1. The van der Waals surface area contributed by atoms with E-state index < -0.39 is 4.92 Å². The molecule has 0 spiro atoms. The Bertz CT molecular complexity index is 601. The van der Waals surface area contributed by atoms with Crippen LogP contribution in [0.3, 0.4) is 0 Å². The fourth-order valence-electron chi connectivity index (χ4n) is 1.47. The lowest BCUT2D eigenvalue weighted by Crippen LogP contribution is -1.89. The van der Waals surface area contributed by atoms with Crippen LogP contribution in [0.2, 0.25) is 5.02 Å². The van der Waals surface area contributed by atoms with Gasteiger partial charge in [-0.15, -0.1) is 0 Å². The highest BCUT2D eigenvalue weighted by molar-refractivity contribution is 9.08. The molecule has 2 aromatic carbocycles. The molecular formula is C13H9BrClNO3. The molecule has 0 saturated heterocycles. The van der Waals surface area contributed by atoms with E-state index in [1.165, 1.54) is 12.1 Å². The van der Waals surface area contributed by atoms with Crippen molar-refractivity contribution in [3.8, 4) is 11.5 Å². The lowest BCUT2D eigenvalue weighted by molar-refractivity contribution is -0.384. The topological polar surface area (TPSA) is 52.4 Å². The average Bonchev–Trinajstić information content (AvgIpc) is 2.39. The van der Waals surface area contributed by atoms with E-state index in [-0.39, 0.29) is 5.69 Å². The number of benzene rings is 2. The average molecular weight is 343 g/mol. The first-order chi connectivity index (χ1) is 9.10. The minimum absolute atomic E-state index is 0.0278. The fraction of sp³-hybridized carbons (Fsp3) is 0.0769. The Labute approximate surface area is 123 Å². The number of ether oxygens (including phenoxy) is 1. The summed E-state index contributed by atoms with van der Waals surface area (Å²) in [6.45, 7) is 0. The predicted octanol–water partition coefficient (Wildman–Crippen LogP) is 4.94. The Kier molecular flexibility index (Phi) is 4.39. The molecule has 0 N–H and O–H groups in total. The number of hydrogen-bond acceptors (Lipinski definition) is 3. The molecule has 0 aliphatic rings. The van der Waals surface area contributed by atoms with Gasteiger partial charge in [0.1, 0.15) is 11.5 Å². The summed E-state index contributed by atoms with van der Waals surface area (Å²) >= 11 is 9.40. The van der Waals surface area contributed by atoms with Gasteiger partial charge in [-0.05, 0) is 29.8 Å². The maximum atomic E-state index is 10.5. The summed E-state index contributed by atoms with van der Waals surface area (Å²) in [5, 5.41) is 11.8. The van der Waals surface area contributed by atoms with Crippen molar-refractivity contribution >= 4 is 33.2 Å². The zero-order valence-corrected chi connectivity index (χ0v) is 12.0. The van der Waals surface area contributed by atoms with E-state index in [2.05, 4.69) is 15.9 Å². The molecule has 0 radical (unpaired) electrons. The molecular weight excluding hydrogens is 334 g/mol. The summed E-state index contributed by atoms with van der Waals surface area (Å²) in [5.74, 6) is 1.11. The van der Waals surface area contributed by atoms with Gasteiger partial charge in [-0.25, -0.2) is 0 Å². The number of non-ortho nitro benzene ring substituents is 1. The van der Waals surface area contributed by atoms with Crippen molar-refractivity contribution in [2.75, 3.05) is 0 Å². The number of hydrogen-bond donors (Lipinski definition) is 0. The first-order valence-electron chi connectivity index (χ1n) is 5.37. The van der Waals surface area contributed by atoms with Crippen LogP contribution in [0, 0.1) is 10.1 Å².